The third kappa shape index (κ3) is 4.11. The molecule has 8 nitrogen and oxygen atoms in total. The van der Waals surface area contributed by atoms with Crippen molar-refractivity contribution in [3.05, 3.63) is 83.5 Å². The standard InChI is InChI=1S/C25H21ClN2O6S/c1-4-32-24(30)21-13(2)27-25-28(22(21)14-6-5-7-16(8-14)31-3)23(29)20(35-25)10-15-9-18-19(11-17(15)26)34-12-33-18/h5-11,22H,4,12H2,1-3H3/b20-10+/t22-/m1/s1. The number of benzene rings is 2. The van der Waals surface area contributed by atoms with Crippen LogP contribution in [0.15, 0.2) is 57.5 Å². The van der Waals surface area contributed by atoms with E-state index in [-0.39, 0.29) is 19.0 Å². The van der Waals surface area contributed by atoms with E-state index in [2.05, 4.69) is 4.99 Å². The lowest BCUT2D eigenvalue weighted by atomic mass is 9.95. The molecule has 1 aromatic heterocycles. The molecule has 0 amide bonds. The zero-order chi connectivity index (χ0) is 24.7. The number of hydrogen-bond donors (Lipinski definition) is 0. The number of hydrogen-bond acceptors (Lipinski definition) is 8. The van der Waals surface area contributed by atoms with E-state index in [9.17, 15) is 9.59 Å². The smallest absolute Gasteiger partial charge is 0.338 e. The van der Waals surface area contributed by atoms with Crippen molar-refractivity contribution in [2.45, 2.75) is 19.9 Å². The van der Waals surface area contributed by atoms with Crippen LogP contribution in [0.5, 0.6) is 17.2 Å². The minimum absolute atomic E-state index is 0.119. The van der Waals surface area contributed by atoms with Gasteiger partial charge in [0, 0.05) is 6.07 Å². The lowest BCUT2D eigenvalue weighted by Crippen LogP contribution is -2.39. The van der Waals surface area contributed by atoms with E-state index >= 15 is 0 Å². The summed E-state index contributed by atoms with van der Waals surface area (Å²) in [6, 6.07) is 9.93. The Hall–Kier alpha value is -3.56. The fraction of sp³-hybridized carbons (Fsp3) is 0.240. The van der Waals surface area contributed by atoms with Gasteiger partial charge in [0.25, 0.3) is 5.56 Å². The summed E-state index contributed by atoms with van der Waals surface area (Å²) in [5, 5.41) is 0.424. The number of methoxy groups -OCH3 is 1. The minimum Gasteiger partial charge on any atom is -0.497 e. The molecule has 0 unspecified atom stereocenters. The second-order valence-corrected chi connectivity index (χ2v) is 9.22. The van der Waals surface area contributed by atoms with Gasteiger partial charge in [0.2, 0.25) is 6.79 Å². The van der Waals surface area contributed by atoms with Crippen LogP contribution in [0.25, 0.3) is 6.08 Å². The number of carbonyl (C=O) groups excluding carboxylic acids is 1. The van der Waals surface area contributed by atoms with Crippen molar-refractivity contribution in [3.8, 4) is 17.2 Å². The fourth-order valence-corrected chi connectivity index (χ4v) is 5.35. The van der Waals surface area contributed by atoms with E-state index in [1.54, 1.807) is 51.3 Å². The molecule has 0 saturated heterocycles. The first kappa shape index (κ1) is 23.2. The molecule has 3 aromatic rings. The Morgan fingerprint density at radius 3 is 2.80 bits per heavy atom. The van der Waals surface area contributed by atoms with E-state index in [0.717, 1.165) is 0 Å². The molecule has 0 saturated carbocycles. The minimum atomic E-state index is -0.727. The zero-order valence-electron chi connectivity index (χ0n) is 19.2. The predicted molar refractivity (Wildman–Crippen MR) is 131 cm³/mol. The highest BCUT2D eigenvalue weighted by molar-refractivity contribution is 7.07. The van der Waals surface area contributed by atoms with Gasteiger partial charge in [-0.2, -0.15) is 0 Å². The molecule has 0 aliphatic carbocycles. The molecule has 0 fully saturated rings. The summed E-state index contributed by atoms with van der Waals surface area (Å²) in [6.07, 6.45) is 1.69. The van der Waals surface area contributed by atoms with Gasteiger partial charge in [0.15, 0.2) is 16.3 Å². The summed E-state index contributed by atoms with van der Waals surface area (Å²) in [6.45, 7) is 3.80. The van der Waals surface area contributed by atoms with Gasteiger partial charge >= 0.3 is 5.97 Å². The molecule has 35 heavy (non-hydrogen) atoms. The van der Waals surface area contributed by atoms with Crippen molar-refractivity contribution in [2.24, 2.45) is 4.99 Å². The van der Waals surface area contributed by atoms with Crippen LogP contribution in [0.2, 0.25) is 5.02 Å². The molecule has 0 radical (unpaired) electrons. The van der Waals surface area contributed by atoms with Crippen LogP contribution >= 0.6 is 22.9 Å². The third-order valence-electron chi connectivity index (χ3n) is 5.71. The van der Waals surface area contributed by atoms with Crippen molar-refractivity contribution < 1.29 is 23.7 Å². The van der Waals surface area contributed by atoms with Crippen LogP contribution in [-0.4, -0.2) is 31.0 Å². The monoisotopic (exact) mass is 512 g/mol. The Morgan fingerprint density at radius 1 is 1.29 bits per heavy atom. The Bertz CT molecular complexity index is 1550. The summed E-state index contributed by atoms with van der Waals surface area (Å²) in [5.41, 5.74) is 1.81. The molecule has 2 aliphatic heterocycles. The van der Waals surface area contributed by atoms with Gasteiger partial charge in [-0.15, -0.1) is 0 Å². The van der Waals surface area contributed by atoms with Gasteiger partial charge in [-0.3, -0.25) is 9.36 Å². The topological polar surface area (TPSA) is 88.4 Å². The van der Waals surface area contributed by atoms with E-state index in [1.165, 1.54) is 15.9 Å². The first-order valence-corrected chi connectivity index (χ1v) is 12.0. The van der Waals surface area contributed by atoms with Gasteiger partial charge in [0.1, 0.15) is 5.75 Å². The van der Waals surface area contributed by atoms with Crippen molar-refractivity contribution in [2.75, 3.05) is 20.5 Å². The number of ether oxygens (including phenoxy) is 4. The third-order valence-corrected chi connectivity index (χ3v) is 7.02. The van der Waals surface area contributed by atoms with Crippen LogP contribution in [0, 0.1) is 0 Å². The highest BCUT2D eigenvalue weighted by atomic mass is 35.5. The number of nitrogens with zero attached hydrogens (tertiary/aromatic N) is 2. The Labute approximate surface area is 209 Å². The number of fused-ring (bicyclic) bond motifs is 2. The van der Waals surface area contributed by atoms with Crippen molar-refractivity contribution in [1.82, 2.24) is 4.57 Å². The summed E-state index contributed by atoms with van der Waals surface area (Å²) < 4.78 is 23.5. The fourth-order valence-electron chi connectivity index (χ4n) is 4.10. The van der Waals surface area contributed by atoms with Crippen molar-refractivity contribution >= 4 is 35.0 Å². The van der Waals surface area contributed by atoms with Crippen molar-refractivity contribution in [1.29, 1.82) is 0 Å². The molecule has 10 heteroatoms. The quantitative estimate of drug-likeness (QED) is 0.488. The maximum atomic E-state index is 13.7. The highest BCUT2D eigenvalue weighted by Crippen LogP contribution is 2.37. The average Bonchev–Trinajstić information content (AvgIpc) is 3.42. The molecule has 0 bridgehead atoms. The van der Waals surface area contributed by atoms with Crippen LogP contribution in [-0.2, 0) is 9.53 Å². The molecular formula is C25H21ClN2O6S. The lowest BCUT2D eigenvalue weighted by Gasteiger charge is -2.25. The van der Waals surface area contributed by atoms with Crippen LogP contribution < -0.4 is 29.1 Å². The van der Waals surface area contributed by atoms with Gasteiger partial charge in [0.05, 0.1) is 40.6 Å². The van der Waals surface area contributed by atoms with Crippen LogP contribution in [0.1, 0.15) is 31.0 Å². The van der Waals surface area contributed by atoms with E-state index < -0.39 is 12.0 Å². The average molecular weight is 513 g/mol. The Balaban J connectivity index is 1.72. The number of carbonyl (C=O) groups is 1. The number of esters is 1. The maximum Gasteiger partial charge on any atom is 0.338 e. The molecule has 2 aliphatic rings. The second kappa shape index (κ2) is 9.24. The highest BCUT2D eigenvalue weighted by Gasteiger charge is 2.33. The van der Waals surface area contributed by atoms with E-state index in [4.69, 9.17) is 30.5 Å². The summed E-state index contributed by atoms with van der Waals surface area (Å²) in [7, 11) is 1.56. The van der Waals surface area contributed by atoms with Crippen molar-refractivity contribution in [3.63, 3.8) is 0 Å². The van der Waals surface area contributed by atoms with E-state index in [1.807, 2.05) is 12.1 Å². The molecule has 180 valence electrons. The molecular weight excluding hydrogens is 492 g/mol. The van der Waals surface area contributed by atoms with Gasteiger partial charge < -0.3 is 18.9 Å². The number of aromatic nitrogens is 1. The molecule has 0 spiro atoms. The van der Waals surface area contributed by atoms with Gasteiger partial charge in [-0.25, -0.2) is 9.79 Å². The number of halogens is 1. The maximum absolute atomic E-state index is 13.7. The predicted octanol–water partition coefficient (Wildman–Crippen LogP) is 3.19. The first-order chi connectivity index (χ1) is 16.9. The largest absolute Gasteiger partial charge is 0.497 e. The molecule has 3 heterocycles. The number of rotatable bonds is 5. The zero-order valence-corrected chi connectivity index (χ0v) is 20.7. The SMILES string of the molecule is CCOC(=O)C1=C(C)N=c2s/c(=C/c3cc4c(cc3Cl)OCO4)c(=O)n2[C@@H]1c1cccc(OC)c1. The molecule has 5 rings (SSSR count). The van der Waals surface area contributed by atoms with Crippen LogP contribution in [0.3, 0.4) is 0 Å². The Morgan fingerprint density at radius 2 is 2.06 bits per heavy atom. The summed E-state index contributed by atoms with van der Waals surface area (Å²) in [4.78, 5) is 31.7. The molecule has 0 N–H and O–H groups in total. The Kier molecular flexibility index (Phi) is 6.12. The molecule has 1 atom stereocenters. The number of allylic oxidation sites excluding steroid dienone is 1. The first-order valence-electron chi connectivity index (χ1n) is 10.8. The van der Waals surface area contributed by atoms with Crippen LogP contribution in [0.4, 0.5) is 0 Å². The summed E-state index contributed by atoms with van der Waals surface area (Å²) in [5.74, 6) is 1.20. The lowest BCUT2D eigenvalue weighted by molar-refractivity contribution is -0.139. The molecule has 2 aromatic carbocycles. The van der Waals surface area contributed by atoms with Gasteiger partial charge in [-0.1, -0.05) is 35.1 Å². The number of thiazole rings is 1. The van der Waals surface area contributed by atoms with Gasteiger partial charge in [-0.05, 0) is 49.2 Å². The van der Waals surface area contributed by atoms with E-state index in [0.29, 0.717) is 54.0 Å². The normalized spacial score (nSPS) is 16.7. The summed E-state index contributed by atoms with van der Waals surface area (Å²) >= 11 is 7.66. The second-order valence-electron chi connectivity index (χ2n) is 7.81.